The molecule has 3 rings (SSSR count). The van der Waals surface area contributed by atoms with E-state index in [0.29, 0.717) is 18.1 Å². The monoisotopic (exact) mass is 279 g/mol. The first kappa shape index (κ1) is 12.6. The number of nitrogens with two attached hydrogens (primary N) is 1. The summed E-state index contributed by atoms with van der Waals surface area (Å²) in [4.78, 5) is 4.37. The third-order valence-corrected chi connectivity index (χ3v) is 4.39. The SMILES string of the molecule is NC1CSCC1c1nc(Cc2cccc(F)c2)no1. The molecule has 0 spiro atoms. The lowest BCUT2D eigenvalue weighted by atomic mass is 10.1. The van der Waals surface area contributed by atoms with Crippen LogP contribution in [0.2, 0.25) is 0 Å². The Morgan fingerprint density at radius 3 is 3.05 bits per heavy atom. The summed E-state index contributed by atoms with van der Waals surface area (Å²) >= 11 is 1.80. The maximum absolute atomic E-state index is 13.1. The molecule has 2 unspecified atom stereocenters. The van der Waals surface area contributed by atoms with Gasteiger partial charge in [0.05, 0.1) is 5.92 Å². The Balaban J connectivity index is 1.74. The zero-order valence-corrected chi connectivity index (χ0v) is 11.1. The topological polar surface area (TPSA) is 64.9 Å². The second kappa shape index (κ2) is 5.30. The van der Waals surface area contributed by atoms with Gasteiger partial charge in [0.2, 0.25) is 5.89 Å². The maximum atomic E-state index is 13.1. The summed E-state index contributed by atoms with van der Waals surface area (Å²) in [6.45, 7) is 0. The zero-order valence-electron chi connectivity index (χ0n) is 10.3. The third-order valence-electron chi connectivity index (χ3n) is 3.18. The van der Waals surface area contributed by atoms with Gasteiger partial charge in [-0.3, -0.25) is 0 Å². The fourth-order valence-electron chi connectivity index (χ4n) is 2.14. The van der Waals surface area contributed by atoms with Crippen LogP contribution in [0.25, 0.3) is 0 Å². The first-order chi connectivity index (χ1) is 9.22. The van der Waals surface area contributed by atoms with E-state index in [1.807, 2.05) is 6.07 Å². The largest absolute Gasteiger partial charge is 0.339 e. The second-order valence-electron chi connectivity index (χ2n) is 4.66. The summed E-state index contributed by atoms with van der Waals surface area (Å²) in [5.74, 6) is 2.90. The van der Waals surface area contributed by atoms with Crippen molar-refractivity contribution >= 4 is 11.8 Å². The smallest absolute Gasteiger partial charge is 0.232 e. The first-order valence-electron chi connectivity index (χ1n) is 6.12. The molecule has 2 heterocycles. The Hall–Kier alpha value is -1.40. The van der Waals surface area contributed by atoms with Gasteiger partial charge >= 0.3 is 0 Å². The van der Waals surface area contributed by atoms with Gasteiger partial charge in [0, 0.05) is 24.0 Å². The quantitative estimate of drug-likeness (QED) is 0.930. The first-order valence-corrected chi connectivity index (χ1v) is 7.28. The molecule has 0 bridgehead atoms. The van der Waals surface area contributed by atoms with E-state index in [-0.39, 0.29) is 17.8 Å². The van der Waals surface area contributed by atoms with Crippen molar-refractivity contribution in [2.24, 2.45) is 5.73 Å². The molecule has 2 aromatic rings. The summed E-state index contributed by atoms with van der Waals surface area (Å²) in [5.41, 5.74) is 6.83. The molecule has 1 aliphatic heterocycles. The molecule has 1 aromatic heterocycles. The highest BCUT2D eigenvalue weighted by molar-refractivity contribution is 7.99. The van der Waals surface area contributed by atoms with E-state index >= 15 is 0 Å². The van der Waals surface area contributed by atoms with Crippen molar-refractivity contribution in [1.82, 2.24) is 10.1 Å². The Bertz CT molecular complexity index is 575. The van der Waals surface area contributed by atoms with Gasteiger partial charge in [0.1, 0.15) is 5.82 Å². The number of hydrogen-bond donors (Lipinski definition) is 1. The van der Waals surface area contributed by atoms with Crippen LogP contribution in [-0.2, 0) is 6.42 Å². The summed E-state index contributed by atoms with van der Waals surface area (Å²) < 4.78 is 18.4. The van der Waals surface area contributed by atoms with Crippen LogP contribution < -0.4 is 5.73 Å². The van der Waals surface area contributed by atoms with E-state index in [0.717, 1.165) is 17.1 Å². The van der Waals surface area contributed by atoms with Crippen LogP contribution in [0.4, 0.5) is 4.39 Å². The number of rotatable bonds is 3. The number of aromatic nitrogens is 2. The minimum absolute atomic E-state index is 0.0764. The lowest BCUT2D eigenvalue weighted by Gasteiger charge is -2.07. The van der Waals surface area contributed by atoms with Gasteiger partial charge in [-0.05, 0) is 17.7 Å². The van der Waals surface area contributed by atoms with E-state index in [1.54, 1.807) is 17.8 Å². The van der Waals surface area contributed by atoms with Crippen LogP contribution in [0.3, 0.4) is 0 Å². The number of nitrogens with zero attached hydrogens (tertiary/aromatic N) is 2. The van der Waals surface area contributed by atoms with Crippen molar-refractivity contribution in [1.29, 1.82) is 0 Å². The van der Waals surface area contributed by atoms with Crippen LogP contribution >= 0.6 is 11.8 Å². The molecule has 19 heavy (non-hydrogen) atoms. The summed E-state index contributed by atoms with van der Waals surface area (Å²) in [7, 11) is 0. The Kier molecular flexibility index (Phi) is 3.52. The molecule has 0 amide bonds. The van der Waals surface area contributed by atoms with E-state index in [2.05, 4.69) is 10.1 Å². The zero-order chi connectivity index (χ0) is 13.2. The number of thioether (sulfide) groups is 1. The fraction of sp³-hybridized carbons (Fsp3) is 0.385. The standard InChI is InChI=1S/C13H14FN3OS/c14-9-3-1-2-8(4-9)5-12-16-13(18-17-12)10-6-19-7-11(10)15/h1-4,10-11H,5-7,15H2. The summed E-state index contributed by atoms with van der Waals surface area (Å²) in [6, 6.07) is 6.49. The van der Waals surface area contributed by atoms with Crippen molar-refractivity contribution in [3.63, 3.8) is 0 Å². The van der Waals surface area contributed by atoms with E-state index in [9.17, 15) is 4.39 Å². The minimum atomic E-state index is -0.254. The van der Waals surface area contributed by atoms with Crippen LogP contribution in [0.15, 0.2) is 28.8 Å². The average Bonchev–Trinajstić information content (AvgIpc) is 2.98. The molecule has 1 aromatic carbocycles. The normalized spacial score (nSPS) is 22.8. The average molecular weight is 279 g/mol. The molecular weight excluding hydrogens is 265 g/mol. The Morgan fingerprint density at radius 2 is 2.32 bits per heavy atom. The molecule has 1 saturated heterocycles. The molecule has 100 valence electrons. The van der Waals surface area contributed by atoms with Crippen LogP contribution in [-0.4, -0.2) is 27.7 Å². The van der Waals surface area contributed by atoms with Gasteiger partial charge in [0.15, 0.2) is 5.82 Å². The second-order valence-corrected chi connectivity index (χ2v) is 5.74. The summed E-state index contributed by atoms with van der Waals surface area (Å²) in [5, 5.41) is 3.95. The van der Waals surface area contributed by atoms with Crippen molar-refractivity contribution in [3.05, 3.63) is 47.4 Å². The molecule has 2 N–H and O–H groups in total. The van der Waals surface area contributed by atoms with Crippen molar-refractivity contribution in [2.75, 3.05) is 11.5 Å². The maximum Gasteiger partial charge on any atom is 0.232 e. The highest BCUT2D eigenvalue weighted by Crippen LogP contribution is 2.30. The summed E-state index contributed by atoms with van der Waals surface area (Å²) in [6.07, 6.45) is 0.469. The van der Waals surface area contributed by atoms with Crippen LogP contribution in [0.5, 0.6) is 0 Å². The number of hydrogen-bond acceptors (Lipinski definition) is 5. The van der Waals surface area contributed by atoms with Crippen molar-refractivity contribution in [2.45, 2.75) is 18.4 Å². The van der Waals surface area contributed by atoms with Gasteiger partial charge < -0.3 is 10.3 Å². The molecule has 4 nitrogen and oxygen atoms in total. The molecular formula is C13H14FN3OS. The van der Waals surface area contributed by atoms with Crippen LogP contribution in [0.1, 0.15) is 23.2 Å². The lowest BCUT2D eigenvalue weighted by Crippen LogP contribution is -2.26. The molecule has 0 aliphatic carbocycles. The molecule has 1 fully saturated rings. The minimum Gasteiger partial charge on any atom is -0.339 e. The molecule has 2 atom stereocenters. The number of benzene rings is 1. The third kappa shape index (κ3) is 2.79. The molecule has 1 aliphatic rings. The van der Waals surface area contributed by atoms with Gasteiger partial charge in [-0.15, -0.1) is 0 Å². The highest BCUT2D eigenvalue weighted by Gasteiger charge is 2.30. The molecule has 0 saturated carbocycles. The Labute approximate surface area is 114 Å². The van der Waals surface area contributed by atoms with Gasteiger partial charge in [-0.25, -0.2) is 4.39 Å². The number of halogens is 1. The predicted molar refractivity (Wildman–Crippen MR) is 71.5 cm³/mol. The van der Waals surface area contributed by atoms with E-state index in [1.165, 1.54) is 12.1 Å². The lowest BCUT2D eigenvalue weighted by molar-refractivity contribution is 0.349. The van der Waals surface area contributed by atoms with E-state index in [4.69, 9.17) is 10.3 Å². The van der Waals surface area contributed by atoms with Crippen molar-refractivity contribution in [3.8, 4) is 0 Å². The molecule has 0 radical (unpaired) electrons. The van der Waals surface area contributed by atoms with Gasteiger partial charge in [0.25, 0.3) is 0 Å². The highest BCUT2D eigenvalue weighted by atomic mass is 32.2. The van der Waals surface area contributed by atoms with Crippen molar-refractivity contribution < 1.29 is 8.91 Å². The van der Waals surface area contributed by atoms with E-state index < -0.39 is 0 Å². The van der Waals surface area contributed by atoms with Crippen LogP contribution in [0, 0.1) is 5.82 Å². The molecule has 6 heteroatoms. The van der Waals surface area contributed by atoms with Gasteiger partial charge in [-0.2, -0.15) is 16.7 Å². The van der Waals surface area contributed by atoms with Gasteiger partial charge in [-0.1, -0.05) is 17.3 Å². The predicted octanol–water partition coefficient (Wildman–Crippen LogP) is 1.96. The fourth-order valence-corrected chi connectivity index (χ4v) is 3.43. The Morgan fingerprint density at radius 1 is 1.42 bits per heavy atom.